The maximum absolute atomic E-state index is 8.90. The van der Waals surface area contributed by atoms with Gasteiger partial charge in [0.05, 0.1) is 12.7 Å². The molecule has 24 heavy (non-hydrogen) atoms. The molecule has 1 N–H and O–H groups in total. The van der Waals surface area contributed by atoms with Crippen LogP contribution < -0.4 is 5.32 Å². The molecule has 1 fully saturated rings. The predicted octanol–water partition coefficient (Wildman–Crippen LogP) is 2.79. The van der Waals surface area contributed by atoms with Gasteiger partial charge in [0, 0.05) is 26.2 Å². The fourth-order valence-corrected chi connectivity index (χ4v) is 2.92. The third-order valence-corrected chi connectivity index (χ3v) is 4.06. The van der Waals surface area contributed by atoms with Crippen LogP contribution in [-0.2, 0) is 17.8 Å². The van der Waals surface area contributed by atoms with Crippen LogP contribution in [0.2, 0.25) is 0 Å². The minimum absolute atomic E-state index is 0.307. The van der Waals surface area contributed by atoms with E-state index in [2.05, 4.69) is 52.5 Å². The lowest BCUT2D eigenvalue weighted by Gasteiger charge is -2.31. The molecule has 0 aliphatic carbocycles. The molecule has 1 unspecified atom stereocenters. The number of rotatable bonds is 5. The highest BCUT2D eigenvalue weighted by molar-refractivity contribution is 5.39. The normalized spacial score (nSPS) is 18.1. The van der Waals surface area contributed by atoms with Crippen LogP contribution in [0.3, 0.4) is 0 Å². The largest absolute Gasteiger partial charge is 0.376 e. The number of ether oxygens (including phenoxy) is 1. The second-order valence-electron chi connectivity index (χ2n) is 6.11. The first-order valence-corrected chi connectivity index (χ1v) is 8.26. The molecule has 1 aromatic carbocycles. The molecule has 0 spiro atoms. The van der Waals surface area contributed by atoms with Gasteiger partial charge in [-0.05, 0) is 30.2 Å². The Labute approximate surface area is 142 Å². The summed E-state index contributed by atoms with van der Waals surface area (Å²) in [5.74, 6) is 0.724. The summed E-state index contributed by atoms with van der Waals surface area (Å²) in [5.41, 5.74) is 2.94. The Morgan fingerprint density at radius 1 is 1.29 bits per heavy atom. The quantitative estimate of drug-likeness (QED) is 0.917. The standard InChI is InChI=1S/C19H22N4O/c1-15-13-23(8-9-24-15)14-17-5-2-4-16(10-17)12-21-19-7-3-6-18(11-20)22-19/h2-7,10,15H,8-9,12-14H2,1H3,(H,21,22). The van der Waals surface area contributed by atoms with Crippen molar-refractivity contribution in [3.63, 3.8) is 0 Å². The van der Waals surface area contributed by atoms with Crippen LogP contribution >= 0.6 is 0 Å². The number of pyridine rings is 1. The number of anilines is 1. The predicted molar refractivity (Wildman–Crippen MR) is 93.4 cm³/mol. The van der Waals surface area contributed by atoms with Crippen LogP contribution in [0.15, 0.2) is 42.5 Å². The highest BCUT2D eigenvalue weighted by Gasteiger charge is 2.16. The van der Waals surface area contributed by atoms with Crippen molar-refractivity contribution >= 4 is 5.82 Å². The van der Waals surface area contributed by atoms with E-state index < -0.39 is 0 Å². The monoisotopic (exact) mass is 322 g/mol. The number of nitriles is 1. The van der Waals surface area contributed by atoms with Gasteiger partial charge < -0.3 is 10.1 Å². The first-order valence-electron chi connectivity index (χ1n) is 8.26. The topological polar surface area (TPSA) is 61.2 Å². The molecule has 124 valence electrons. The lowest BCUT2D eigenvalue weighted by Crippen LogP contribution is -2.40. The summed E-state index contributed by atoms with van der Waals surface area (Å²) in [6.07, 6.45) is 0.307. The highest BCUT2D eigenvalue weighted by atomic mass is 16.5. The Kier molecular flexibility index (Phi) is 5.42. The first kappa shape index (κ1) is 16.4. The minimum Gasteiger partial charge on any atom is -0.376 e. The van der Waals surface area contributed by atoms with Gasteiger partial charge in [-0.25, -0.2) is 4.98 Å². The molecule has 2 aromatic rings. The third kappa shape index (κ3) is 4.54. The summed E-state index contributed by atoms with van der Waals surface area (Å²) in [6, 6.07) is 16.1. The number of benzene rings is 1. The van der Waals surface area contributed by atoms with Crippen LogP contribution in [0, 0.1) is 11.3 Å². The maximum atomic E-state index is 8.90. The summed E-state index contributed by atoms with van der Waals surface area (Å²) in [5, 5.41) is 12.2. The van der Waals surface area contributed by atoms with Gasteiger partial charge in [0.2, 0.25) is 0 Å². The van der Waals surface area contributed by atoms with Crippen molar-refractivity contribution < 1.29 is 4.74 Å². The average molecular weight is 322 g/mol. The molecule has 0 saturated carbocycles. The lowest BCUT2D eigenvalue weighted by atomic mass is 10.1. The van der Waals surface area contributed by atoms with Crippen LogP contribution in [0.4, 0.5) is 5.82 Å². The van der Waals surface area contributed by atoms with E-state index in [1.807, 2.05) is 12.1 Å². The molecule has 3 rings (SSSR count). The molecule has 2 heterocycles. The average Bonchev–Trinajstić information content (AvgIpc) is 2.60. The number of nitrogens with one attached hydrogen (secondary N) is 1. The summed E-state index contributed by atoms with van der Waals surface area (Å²) in [4.78, 5) is 6.67. The van der Waals surface area contributed by atoms with Crippen molar-refractivity contribution in [2.75, 3.05) is 25.0 Å². The van der Waals surface area contributed by atoms with Gasteiger partial charge in [0.15, 0.2) is 0 Å². The molecule has 0 radical (unpaired) electrons. The molecule has 1 aromatic heterocycles. The maximum Gasteiger partial charge on any atom is 0.142 e. The molecule has 1 saturated heterocycles. The van der Waals surface area contributed by atoms with E-state index in [-0.39, 0.29) is 0 Å². The van der Waals surface area contributed by atoms with Crippen molar-refractivity contribution in [2.24, 2.45) is 0 Å². The van der Waals surface area contributed by atoms with Crippen molar-refractivity contribution in [3.8, 4) is 6.07 Å². The zero-order chi connectivity index (χ0) is 16.8. The fraction of sp³-hybridized carbons (Fsp3) is 0.368. The molecular formula is C19H22N4O. The number of morpholine rings is 1. The molecule has 5 nitrogen and oxygen atoms in total. The van der Waals surface area contributed by atoms with E-state index in [1.54, 1.807) is 6.07 Å². The van der Waals surface area contributed by atoms with Gasteiger partial charge in [-0.2, -0.15) is 5.26 Å². The van der Waals surface area contributed by atoms with E-state index in [9.17, 15) is 0 Å². The summed E-state index contributed by atoms with van der Waals surface area (Å²) in [7, 11) is 0. The molecule has 1 atom stereocenters. The molecule has 5 heteroatoms. The van der Waals surface area contributed by atoms with Crippen LogP contribution in [0.5, 0.6) is 0 Å². The first-order chi connectivity index (χ1) is 11.7. The fourth-order valence-electron chi connectivity index (χ4n) is 2.92. The lowest BCUT2D eigenvalue weighted by molar-refractivity contribution is -0.0212. The summed E-state index contributed by atoms with van der Waals surface area (Å²) in [6.45, 7) is 6.53. The Morgan fingerprint density at radius 3 is 2.96 bits per heavy atom. The zero-order valence-electron chi connectivity index (χ0n) is 13.9. The number of aromatic nitrogens is 1. The Hall–Kier alpha value is -2.42. The van der Waals surface area contributed by atoms with E-state index >= 15 is 0 Å². The van der Waals surface area contributed by atoms with Crippen molar-refractivity contribution in [2.45, 2.75) is 26.1 Å². The van der Waals surface area contributed by atoms with Gasteiger partial charge in [-0.15, -0.1) is 0 Å². The van der Waals surface area contributed by atoms with Crippen molar-refractivity contribution in [3.05, 3.63) is 59.3 Å². The van der Waals surface area contributed by atoms with Gasteiger partial charge in [-0.1, -0.05) is 30.3 Å². The molecular weight excluding hydrogens is 300 g/mol. The Bertz CT molecular complexity index is 725. The van der Waals surface area contributed by atoms with Gasteiger partial charge in [0.1, 0.15) is 17.6 Å². The number of nitrogens with zero attached hydrogens (tertiary/aromatic N) is 3. The second kappa shape index (κ2) is 7.91. The van der Waals surface area contributed by atoms with Crippen LogP contribution in [-0.4, -0.2) is 35.7 Å². The second-order valence-corrected chi connectivity index (χ2v) is 6.11. The van der Waals surface area contributed by atoms with Crippen LogP contribution in [0.1, 0.15) is 23.7 Å². The van der Waals surface area contributed by atoms with Gasteiger partial charge in [0.25, 0.3) is 0 Å². The minimum atomic E-state index is 0.307. The van der Waals surface area contributed by atoms with E-state index in [0.717, 1.165) is 32.1 Å². The molecule has 1 aliphatic heterocycles. The number of hydrogen-bond donors (Lipinski definition) is 1. The van der Waals surface area contributed by atoms with E-state index in [0.29, 0.717) is 18.3 Å². The smallest absolute Gasteiger partial charge is 0.142 e. The third-order valence-electron chi connectivity index (χ3n) is 4.06. The SMILES string of the molecule is CC1CN(Cc2cccc(CNc3cccc(C#N)n3)c2)CCO1. The summed E-state index contributed by atoms with van der Waals surface area (Å²) >= 11 is 0. The van der Waals surface area contributed by atoms with Gasteiger partial charge in [-0.3, -0.25) is 4.90 Å². The van der Waals surface area contributed by atoms with Crippen molar-refractivity contribution in [1.82, 2.24) is 9.88 Å². The highest BCUT2D eigenvalue weighted by Crippen LogP contribution is 2.13. The zero-order valence-corrected chi connectivity index (χ0v) is 13.9. The Balaban J connectivity index is 1.59. The van der Waals surface area contributed by atoms with Crippen LogP contribution in [0.25, 0.3) is 0 Å². The van der Waals surface area contributed by atoms with E-state index in [1.165, 1.54) is 11.1 Å². The summed E-state index contributed by atoms with van der Waals surface area (Å²) < 4.78 is 5.59. The van der Waals surface area contributed by atoms with E-state index in [4.69, 9.17) is 10.00 Å². The van der Waals surface area contributed by atoms with Gasteiger partial charge >= 0.3 is 0 Å². The molecule has 0 bridgehead atoms. The van der Waals surface area contributed by atoms with Crippen molar-refractivity contribution in [1.29, 1.82) is 5.26 Å². The number of hydrogen-bond acceptors (Lipinski definition) is 5. The molecule has 0 amide bonds. The molecule has 1 aliphatic rings. The Morgan fingerprint density at radius 2 is 2.12 bits per heavy atom.